The average molecular weight is 979 g/mol. The maximum absolute atomic E-state index is 13.6. The molecule has 2 aliphatic heterocycles. The quantitative estimate of drug-likeness (QED) is 0.0223. The van der Waals surface area contributed by atoms with Gasteiger partial charge in [-0.05, 0) is 57.8 Å². The summed E-state index contributed by atoms with van der Waals surface area (Å²) in [5.74, 6) is -2.64. The Hall–Kier alpha value is -2.09. The Bertz CT molecular complexity index is 1450. The van der Waals surface area contributed by atoms with E-state index in [0.29, 0.717) is 32.1 Å². The van der Waals surface area contributed by atoms with Crippen LogP contribution in [0, 0.1) is 5.92 Å². The Morgan fingerprint density at radius 2 is 1.37 bits per heavy atom. The molecule has 2 rings (SSSR count). The van der Waals surface area contributed by atoms with Crippen LogP contribution in [0.15, 0.2) is 36.5 Å². The van der Waals surface area contributed by atoms with Gasteiger partial charge in [-0.15, -0.1) is 0 Å². The molecule has 1 fully saturated rings. The average Bonchev–Trinajstić information content (AvgIpc) is 3.29. The molecule has 0 aliphatic carbocycles. The molecule has 390 valence electrons. The van der Waals surface area contributed by atoms with Crippen molar-refractivity contribution in [3.63, 3.8) is 0 Å². The van der Waals surface area contributed by atoms with Gasteiger partial charge in [0.25, 0.3) is 0 Å². The summed E-state index contributed by atoms with van der Waals surface area (Å²) in [5, 5.41) is 89.5. The molecule has 1 saturated heterocycles. The predicted octanol–water partition coefficient (Wildman–Crippen LogP) is 6.28. The van der Waals surface area contributed by atoms with E-state index in [1.54, 1.807) is 12.2 Å². The zero-order chi connectivity index (χ0) is 49.5. The number of allylic oxidation sites excluding steroid dienone is 4. The van der Waals surface area contributed by atoms with E-state index in [1.165, 1.54) is 44.6 Å². The van der Waals surface area contributed by atoms with E-state index < -0.39 is 113 Å². The van der Waals surface area contributed by atoms with Crippen molar-refractivity contribution >= 4 is 19.8 Å². The smallest absolute Gasteiger partial charge is 0.462 e. The summed E-state index contributed by atoms with van der Waals surface area (Å²) in [6.45, 7) is 2.79. The zero-order valence-electron chi connectivity index (χ0n) is 40.2. The van der Waals surface area contributed by atoms with Crippen LogP contribution in [0.3, 0.4) is 0 Å². The van der Waals surface area contributed by atoms with Gasteiger partial charge >= 0.3 is 19.8 Å². The standard InChI is InChI=1S/C49H87O17P/c1-3-5-7-8-9-10-11-12-13-14-15-16-17-18-19-20-26-30-42(53)64-37-34-62-41(52)29-25-22-21-24-28-38-39(51)33-43(54)65-40(32-31-36(50)27-23-6-4-2)45(56)47(58)49(48(59)46(57)44(38)55)66-67(60,61)63-35-37/h12-13,21,24,31-32,36-40,43-51,54-59H,3-11,14-20,22-23,25-30,33-35H2,1-2H3,(H,60,61)/b13-12-,24-21?,32-31+/t36-,37+,38-,39-,40+,43?,44+,45+,46-,47+,48+,49+/m0/s1. The molecule has 9 N–H and O–H groups in total. The lowest BCUT2D eigenvalue weighted by molar-refractivity contribution is -0.213. The third-order valence-corrected chi connectivity index (χ3v) is 13.2. The van der Waals surface area contributed by atoms with Gasteiger partial charge in [0.2, 0.25) is 0 Å². The van der Waals surface area contributed by atoms with Gasteiger partial charge in [0, 0.05) is 25.2 Å². The number of hydrogen-bond donors (Lipinski definition) is 9. The highest BCUT2D eigenvalue weighted by atomic mass is 31.2. The Kier molecular flexibility index (Phi) is 32.7. The Morgan fingerprint density at radius 3 is 2.03 bits per heavy atom. The number of hydrogen-bond acceptors (Lipinski definition) is 16. The van der Waals surface area contributed by atoms with Crippen molar-refractivity contribution in [1.29, 1.82) is 0 Å². The second-order valence-corrected chi connectivity index (χ2v) is 19.6. The maximum atomic E-state index is 13.6. The molecule has 2 bridgehead atoms. The third kappa shape index (κ3) is 26.6. The number of aliphatic hydroxyl groups is 8. The number of carbonyl (C=O) groups excluding carboxylic acids is 2. The summed E-state index contributed by atoms with van der Waals surface area (Å²) < 4.78 is 40.4. The van der Waals surface area contributed by atoms with E-state index in [2.05, 4.69) is 19.1 Å². The van der Waals surface area contributed by atoms with Crippen molar-refractivity contribution in [3.8, 4) is 0 Å². The van der Waals surface area contributed by atoms with Crippen LogP contribution in [0.1, 0.15) is 174 Å². The van der Waals surface area contributed by atoms with Crippen LogP contribution < -0.4 is 0 Å². The predicted molar refractivity (Wildman–Crippen MR) is 252 cm³/mol. The van der Waals surface area contributed by atoms with E-state index in [0.717, 1.165) is 70.3 Å². The molecule has 0 aromatic rings. The number of phosphoric ester groups is 1. The lowest BCUT2D eigenvalue weighted by Gasteiger charge is -2.39. The highest BCUT2D eigenvalue weighted by Crippen LogP contribution is 2.47. The Labute approximate surface area is 399 Å². The largest absolute Gasteiger partial charge is 0.472 e. The van der Waals surface area contributed by atoms with Gasteiger partial charge in [-0.2, -0.15) is 0 Å². The fourth-order valence-electron chi connectivity index (χ4n) is 8.09. The van der Waals surface area contributed by atoms with E-state index in [4.69, 9.17) is 23.3 Å². The zero-order valence-corrected chi connectivity index (χ0v) is 41.1. The van der Waals surface area contributed by atoms with Crippen LogP contribution in [0.4, 0.5) is 0 Å². The van der Waals surface area contributed by atoms with Crippen LogP contribution in [0.25, 0.3) is 0 Å². The van der Waals surface area contributed by atoms with Gasteiger partial charge in [0.05, 0.1) is 24.9 Å². The molecule has 2 heterocycles. The molecule has 13 atom stereocenters. The molecule has 18 heteroatoms. The minimum Gasteiger partial charge on any atom is -0.462 e. The Morgan fingerprint density at radius 1 is 0.776 bits per heavy atom. The van der Waals surface area contributed by atoms with E-state index >= 15 is 0 Å². The first kappa shape index (κ1) is 61.0. The van der Waals surface area contributed by atoms with Gasteiger partial charge in [-0.1, -0.05) is 134 Å². The summed E-state index contributed by atoms with van der Waals surface area (Å²) >= 11 is 0. The van der Waals surface area contributed by atoms with Crippen molar-refractivity contribution < 1.29 is 83.2 Å². The van der Waals surface area contributed by atoms with Gasteiger partial charge < -0.3 is 60.0 Å². The molecule has 0 spiro atoms. The maximum Gasteiger partial charge on any atom is 0.472 e. The van der Waals surface area contributed by atoms with Crippen LogP contribution in [0.2, 0.25) is 0 Å². The molecule has 0 aromatic heterocycles. The van der Waals surface area contributed by atoms with Crippen molar-refractivity contribution in [3.05, 3.63) is 36.5 Å². The van der Waals surface area contributed by atoms with Crippen LogP contribution in [-0.2, 0) is 37.4 Å². The number of esters is 2. The van der Waals surface area contributed by atoms with Gasteiger partial charge in [0.15, 0.2) is 12.4 Å². The summed E-state index contributed by atoms with van der Waals surface area (Å²) in [6.07, 6.45) is 8.06. The number of cyclic esters (lactones) is 1. The van der Waals surface area contributed by atoms with Gasteiger partial charge in [-0.3, -0.25) is 18.6 Å². The Balaban J connectivity index is 2.15. The highest BCUT2D eigenvalue weighted by Gasteiger charge is 2.48. The number of aliphatic hydroxyl groups excluding tert-OH is 8. The van der Waals surface area contributed by atoms with Crippen molar-refractivity contribution in [2.75, 3.05) is 13.2 Å². The molecule has 67 heavy (non-hydrogen) atoms. The van der Waals surface area contributed by atoms with Crippen molar-refractivity contribution in [1.82, 2.24) is 0 Å². The number of rotatable bonds is 24. The second kappa shape index (κ2) is 35.9. The molecule has 0 radical (unpaired) electrons. The normalized spacial score (nSPS) is 31.7. The summed E-state index contributed by atoms with van der Waals surface area (Å²) in [7, 11) is -5.48. The molecule has 0 aromatic carbocycles. The SMILES string of the molecule is CCCCCCCC/C=C\CCCCCCCCCC(=O)O[C@@H]1COC(=O)CCCC=CC[C@@H]2[C@@H](O)[C@H](O)[C@@H](O)[C@H](OP(=O)(O)OC1)[C@H](O)[C@H](O)[C@@H](/C=C/[C@@H](O)CCCCC)OC(O)C[C@@H]2O. The second-order valence-electron chi connectivity index (χ2n) is 18.2. The summed E-state index contributed by atoms with van der Waals surface area (Å²) in [6, 6.07) is 0. The molecule has 0 saturated carbocycles. The van der Waals surface area contributed by atoms with Gasteiger partial charge in [0.1, 0.15) is 43.2 Å². The fourth-order valence-corrected chi connectivity index (χ4v) is 9.07. The minimum absolute atomic E-state index is 0.0177. The number of carbonyl (C=O) groups is 2. The highest BCUT2D eigenvalue weighted by molar-refractivity contribution is 7.47. The first-order chi connectivity index (χ1) is 32.1. The summed E-state index contributed by atoms with van der Waals surface area (Å²) in [5.41, 5.74) is 0. The minimum atomic E-state index is -5.48. The number of ether oxygens (including phenoxy) is 3. The van der Waals surface area contributed by atoms with Crippen molar-refractivity contribution in [2.24, 2.45) is 5.92 Å². The van der Waals surface area contributed by atoms with Crippen LogP contribution in [-0.4, -0.2) is 138 Å². The van der Waals surface area contributed by atoms with E-state index in [9.17, 15) is 59.9 Å². The van der Waals surface area contributed by atoms with Gasteiger partial charge in [-0.25, -0.2) is 4.57 Å². The first-order valence-electron chi connectivity index (χ1n) is 25.2. The number of phosphoric acid groups is 1. The lowest BCUT2D eigenvalue weighted by atomic mass is 9.83. The van der Waals surface area contributed by atoms with Crippen molar-refractivity contribution in [2.45, 2.75) is 242 Å². The summed E-state index contributed by atoms with van der Waals surface area (Å²) in [4.78, 5) is 36.6. The molecule has 0 amide bonds. The molecular formula is C49H87O17P. The monoisotopic (exact) mass is 979 g/mol. The molecular weight excluding hydrogens is 891 g/mol. The fraction of sp³-hybridized carbons (Fsp3) is 0.837. The number of unbranched alkanes of at least 4 members (excludes halogenated alkanes) is 15. The number of fused-ring (bicyclic) bond motifs is 4. The molecule has 2 unspecified atom stereocenters. The van der Waals surface area contributed by atoms with E-state index in [1.807, 2.05) is 6.92 Å². The van der Waals surface area contributed by atoms with Crippen LogP contribution >= 0.6 is 7.82 Å². The van der Waals surface area contributed by atoms with E-state index in [-0.39, 0.29) is 19.3 Å². The molecule has 17 nitrogen and oxygen atoms in total. The molecule has 2 aliphatic rings. The van der Waals surface area contributed by atoms with Crippen LogP contribution in [0.5, 0.6) is 0 Å². The first-order valence-corrected chi connectivity index (χ1v) is 26.7. The third-order valence-electron chi connectivity index (χ3n) is 12.3. The topological polar surface area (TPSA) is 279 Å². The lowest BCUT2D eigenvalue weighted by Crippen LogP contribution is -2.58.